The summed E-state index contributed by atoms with van der Waals surface area (Å²) in [5.41, 5.74) is 6.08. The Hall–Kier alpha value is -1.02. The second kappa shape index (κ2) is 7.84. The van der Waals surface area contributed by atoms with Crippen LogP contribution < -0.4 is 5.73 Å². The van der Waals surface area contributed by atoms with E-state index in [1.807, 2.05) is 10.3 Å². The van der Waals surface area contributed by atoms with Crippen molar-refractivity contribution in [2.24, 2.45) is 5.73 Å². The van der Waals surface area contributed by atoms with Crippen molar-refractivity contribution >= 4 is 17.2 Å². The average molecular weight is 312 g/mol. The summed E-state index contributed by atoms with van der Waals surface area (Å²) in [5.74, 6) is 0.0239. The minimum Gasteiger partial charge on any atom is -0.383 e. The number of amides is 1. The number of rotatable bonds is 6. The first-order valence-corrected chi connectivity index (χ1v) is 8.24. The number of aromatic nitrogens is 1. The largest absolute Gasteiger partial charge is 0.383 e. The van der Waals surface area contributed by atoms with Gasteiger partial charge in [0.2, 0.25) is 0 Å². The van der Waals surface area contributed by atoms with E-state index in [1.54, 1.807) is 7.11 Å². The topological polar surface area (TPSA) is 71.7 Å². The quantitative estimate of drug-likeness (QED) is 0.840. The SMILES string of the molecule is CCC1CN(C(=O)c2csc(CN)n2)CCN1CCOC. The maximum absolute atomic E-state index is 12.5. The molecule has 1 unspecified atom stereocenters. The lowest BCUT2D eigenvalue weighted by Gasteiger charge is -2.40. The van der Waals surface area contributed by atoms with Gasteiger partial charge in [-0.1, -0.05) is 6.92 Å². The molecule has 0 saturated carbocycles. The fourth-order valence-corrected chi connectivity index (χ4v) is 3.28. The fraction of sp³-hybridized carbons (Fsp3) is 0.714. The van der Waals surface area contributed by atoms with Crippen LogP contribution in [0.2, 0.25) is 0 Å². The summed E-state index contributed by atoms with van der Waals surface area (Å²) in [6.07, 6.45) is 1.03. The molecule has 0 aromatic carbocycles. The van der Waals surface area contributed by atoms with E-state index in [0.29, 0.717) is 18.3 Å². The molecule has 1 aliphatic heterocycles. The molecule has 1 atom stereocenters. The van der Waals surface area contributed by atoms with Crippen LogP contribution in [0.15, 0.2) is 5.38 Å². The maximum Gasteiger partial charge on any atom is 0.273 e. The number of nitrogens with zero attached hydrogens (tertiary/aromatic N) is 3. The minimum absolute atomic E-state index is 0.0239. The number of piperazine rings is 1. The molecule has 2 heterocycles. The molecule has 21 heavy (non-hydrogen) atoms. The number of carbonyl (C=O) groups is 1. The molecule has 6 nitrogen and oxygen atoms in total. The molecule has 118 valence electrons. The van der Waals surface area contributed by atoms with Crippen LogP contribution in [-0.2, 0) is 11.3 Å². The van der Waals surface area contributed by atoms with Crippen molar-refractivity contribution < 1.29 is 9.53 Å². The zero-order valence-electron chi connectivity index (χ0n) is 12.7. The van der Waals surface area contributed by atoms with Gasteiger partial charge in [-0.2, -0.15) is 0 Å². The molecule has 2 N–H and O–H groups in total. The summed E-state index contributed by atoms with van der Waals surface area (Å²) in [6, 6.07) is 0.394. The highest BCUT2D eigenvalue weighted by molar-refractivity contribution is 7.09. The van der Waals surface area contributed by atoms with Gasteiger partial charge in [-0.05, 0) is 6.42 Å². The Bertz CT molecular complexity index is 466. The predicted octanol–water partition coefficient (Wildman–Crippen LogP) is 0.785. The number of hydrogen-bond donors (Lipinski definition) is 1. The van der Waals surface area contributed by atoms with E-state index < -0.39 is 0 Å². The summed E-state index contributed by atoms with van der Waals surface area (Å²) in [6.45, 7) is 6.60. The smallest absolute Gasteiger partial charge is 0.273 e. The number of hydrogen-bond acceptors (Lipinski definition) is 6. The van der Waals surface area contributed by atoms with Gasteiger partial charge in [0.1, 0.15) is 10.7 Å². The maximum atomic E-state index is 12.5. The highest BCUT2D eigenvalue weighted by Gasteiger charge is 2.29. The van der Waals surface area contributed by atoms with Crippen LogP contribution in [0, 0.1) is 0 Å². The minimum atomic E-state index is 0.0239. The lowest BCUT2D eigenvalue weighted by Crippen LogP contribution is -2.55. The number of methoxy groups -OCH3 is 1. The molecule has 0 radical (unpaired) electrons. The lowest BCUT2D eigenvalue weighted by atomic mass is 10.1. The van der Waals surface area contributed by atoms with Gasteiger partial charge in [0, 0.05) is 51.3 Å². The van der Waals surface area contributed by atoms with E-state index in [0.717, 1.165) is 44.2 Å². The molecule has 1 saturated heterocycles. The molecule has 1 fully saturated rings. The third-order valence-electron chi connectivity index (χ3n) is 3.89. The normalized spacial score (nSPS) is 20.0. The van der Waals surface area contributed by atoms with Crippen LogP contribution >= 0.6 is 11.3 Å². The number of nitrogens with two attached hydrogens (primary N) is 1. The lowest BCUT2D eigenvalue weighted by molar-refractivity contribution is 0.0381. The van der Waals surface area contributed by atoms with E-state index >= 15 is 0 Å². The van der Waals surface area contributed by atoms with Crippen LogP contribution in [0.5, 0.6) is 0 Å². The second-order valence-corrected chi connectivity index (χ2v) is 6.12. The molecule has 1 aromatic heterocycles. The predicted molar refractivity (Wildman–Crippen MR) is 83.4 cm³/mol. The molecule has 7 heteroatoms. The van der Waals surface area contributed by atoms with Crippen LogP contribution in [-0.4, -0.2) is 66.6 Å². The van der Waals surface area contributed by atoms with Gasteiger partial charge in [-0.3, -0.25) is 9.69 Å². The summed E-state index contributed by atoms with van der Waals surface area (Å²) in [5, 5.41) is 2.62. The average Bonchev–Trinajstić information content (AvgIpc) is 3.01. The molecule has 0 bridgehead atoms. The zero-order chi connectivity index (χ0) is 15.2. The first kappa shape index (κ1) is 16.4. The van der Waals surface area contributed by atoms with Gasteiger partial charge in [-0.25, -0.2) is 4.98 Å². The number of carbonyl (C=O) groups excluding carboxylic acids is 1. The van der Waals surface area contributed by atoms with E-state index in [1.165, 1.54) is 11.3 Å². The summed E-state index contributed by atoms with van der Waals surface area (Å²) in [4.78, 5) is 21.1. The Labute approximate surface area is 129 Å². The summed E-state index contributed by atoms with van der Waals surface area (Å²) < 4.78 is 5.15. The van der Waals surface area contributed by atoms with Gasteiger partial charge in [0.25, 0.3) is 5.91 Å². The van der Waals surface area contributed by atoms with Gasteiger partial charge in [0.15, 0.2) is 0 Å². The van der Waals surface area contributed by atoms with Gasteiger partial charge in [0.05, 0.1) is 6.61 Å². The Morgan fingerprint density at radius 3 is 3.00 bits per heavy atom. The van der Waals surface area contributed by atoms with Crippen molar-refractivity contribution in [1.29, 1.82) is 0 Å². The molecule has 1 aliphatic rings. The molecule has 2 rings (SSSR count). The Morgan fingerprint density at radius 1 is 1.57 bits per heavy atom. The van der Waals surface area contributed by atoms with E-state index in [-0.39, 0.29) is 5.91 Å². The van der Waals surface area contributed by atoms with Crippen LogP contribution in [0.3, 0.4) is 0 Å². The summed E-state index contributed by atoms with van der Waals surface area (Å²) in [7, 11) is 1.72. The van der Waals surface area contributed by atoms with Gasteiger partial charge in [-0.15, -0.1) is 11.3 Å². The third kappa shape index (κ3) is 4.00. The van der Waals surface area contributed by atoms with Crippen molar-refractivity contribution in [2.45, 2.75) is 25.9 Å². The van der Waals surface area contributed by atoms with E-state index in [9.17, 15) is 4.79 Å². The van der Waals surface area contributed by atoms with E-state index in [2.05, 4.69) is 16.8 Å². The molecule has 0 aliphatic carbocycles. The third-order valence-corrected chi connectivity index (χ3v) is 4.76. The van der Waals surface area contributed by atoms with Crippen LogP contribution in [0.1, 0.15) is 28.8 Å². The summed E-state index contributed by atoms with van der Waals surface area (Å²) >= 11 is 1.45. The first-order valence-electron chi connectivity index (χ1n) is 7.36. The zero-order valence-corrected chi connectivity index (χ0v) is 13.6. The number of ether oxygens (including phenoxy) is 1. The first-order chi connectivity index (χ1) is 10.2. The molecular formula is C14H24N4O2S. The highest BCUT2D eigenvalue weighted by Crippen LogP contribution is 2.17. The number of thiazole rings is 1. The Balaban J connectivity index is 1.97. The monoisotopic (exact) mass is 312 g/mol. The van der Waals surface area contributed by atoms with Crippen molar-refractivity contribution in [3.8, 4) is 0 Å². The Kier molecular flexibility index (Phi) is 6.10. The fourth-order valence-electron chi connectivity index (χ4n) is 2.63. The van der Waals surface area contributed by atoms with Crippen molar-refractivity contribution in [1.82, 2.24) is 14.8 Å². The Morgan fingerprint density at radius 2 is 2.38 bits per heavy atom. The van der Waals surface area contributed by atoms with Crippen LogP contribution in [0.4, 0.5) is 0 Å². The van der Waals surface area contributed by atoms with Gasteiger partial charge < -0.3 is 15.4 Å². The van der Waals surface area contributed by atoms with Crippen LogP contribution in [0.25, 0.3) is 0 Å². The molecular weight excluding hydrogens is 288 g/mol. The molecule has 1 amide bonds. The van der Waals surface area contributed by atoms with Crippen molar-refractivity contribution in [3.05, 3.63) is 16.1 Å². The highest BCUT2D eigenvalue weighted by atomic mass is 32.1. The van der Waals surface area contributed by atoms with Crippen molar-refractivity contribution in [3.63, 3.8) is 0 Å². The van der Waals surface area contributed by atoms with Gasteiger partial charge >= 0.3 is 0 Å². The van der Waals surface area contributed by atoms with E-state index in [4.69, 9.17) is 10.5 Å². The molecule has 0 spiro atoms. The molecule has 1 aromatic rings. The van der Waals surface area contributed by atoms with Crippen molar-refractivity contribution in [2.75, 3.05) is 39.9 Å². The second-order valence-electron chi connectivity index (χ2n) is 5.17. The standard InChI is InChI=1S/C14H24N4O2S/c1-3-11-9-18(5-4-17(11)6-7-20-2)14(19)12-10-21-13(8-15)16-12/h10-11H,3-9,15H2,1-2H3.